The first-order chi connectivity index (χ1) is 17.4. The fraction of sp³-hybridized carbons (Fsp3) is 0.0769. The average Bonchev–Trinajstić information content (AvgIpc) is 3.33. The van der Waals surface area contributed by atoms with Crippen LogP contribution >= 0.6 is 27.7 Å². The van der Waals surface area contributed by atoms with Crippen LogP contribution in [0.3, 0.4) is 0 Å². The van der Waals surface area contributed by atoms with Crippen molar-refractivity contribution in [1.82, 2.24) is 4.57 Å². The van der Waals surface area contributed by atoms with Gasteiger partial charge < -0.3 is 23.6 Å². The van der Waals surface area contributed by atoms with Crippen molar-refractivity contribution in [2.24, 2.45) is 0 Å². The van der Waals surface area contributed by atoms with Gasteiger partial charge in [-0.1, -0.05) is 36.0 Å². The summed E-state index contributed by atoms with van der Waals surface area (Å²) in [6.45, 7) is 0.0875. The third-order valence-corrected chi connectivity index (χ3v) is 7.94. The third kappa shape index (κ3) is 3.73. The Morgan fingerprint density at radius 1 is 1.03 bits per heavy atom. The predicted molar refractivity (Wildman–Crippen MR) is 136 cm³/mol. The summed E-state index contributed by atoms with van der Waals surface area (Å²) >= 11 is 4.42. The minimum Gasteiger partial charge on any atom is -0.505 e. The molecular formula is C26H15BrFNO6S. The molecule has 7 nitrogen and oxygen atoms in total. The molecule has 1 aliphatic heterocycles. The van der Waals surface area contributed by atoms with Gasteiger partial charge in [0.15, 0.2) is 22.8 Å². The number of hydrogen-bond acceptors (Lipinski definition) is 7. The first kappa shape index (κ1) is 22.7. The van der Waals surface area contributed by atoms with E-state index >= 15 is 0 Å². The number of ether oxygens (including phenoxy) is 2. The molecule has 180 valence electrons. The summed E-state index contributed by atoms with van der Waals surface area (Å²) in [6, 6.07) is 16.2. The van der Waals surface area contributed by atoms with Crippen molar-refractivity contribution in [3.8, 4) is 17.2 Å². The van der Waals surface area contributed by atoms with E-state index < -0.39 is 22.8 Å². The molecule has 0 aliphatic carbocycles. The van der Waals surface area contributed by atoms with Gasteiger partial charge in [0.25, 0.3) is 5.56 Å². The summed E-state index contributed by atoms with van der Waals surface area (Å²) in [5, 5.41) is 11.5. The summed E-state index contributed by atoms with van der Waals surface area (Å²) < 4.78 is 32.3. The zero-order valence-corrected chi connectivity index (χ0v) is 20.7. The number of nitrogens with zero attached hydrogens (tertiary/aromatic N) is 1. The molecule has 0 atom stereocenters. The molecule has 0 saturated heterocycles. The first-order valence-electron chi connectivity index (χ1n) is 10.7. The molecule has 2 aromatic heterocycles. The molecule has 6 rings (SSSR count). The molecule has 1 N–H and O–H groups in total. The standard InChI is InChI=1S/C26H15BrFNO6S/c27-16-3-1-2-4-20(16)36-24-22(30)21-23(35-26(24)32)15-9-18-19(34-12-33-18)10-17(15)29(25(21)31)11-13-5-7-14(28)8-6-13/h1-10,30H,11-12H2. The molecule has 0 radical (unpaired) electrons. The van der Waals surface area contributed by atoms with Gasteiger partial charge >= 0.3 is 5.63 Å². The van der Waals surface area contributed by atoms with Gasteiger partial charge in [0.2, 0.25) is 6.79 Å². The molecule has 0 spiro atoms. The molecular weight excluding hydrogens is 553 g/mol. The van der Waals surface area contributed by atoms with E-state index in [1.54, 1.807) is 42.5 Å². The molecule has 1 aliphatic rings. The molecule has 3 aromatic carbocycles. The molecule has 0 fully saturated rings. The Morgan fingerprint density at radius 2 is 1.75 bits per heavy atom. The minimum absolute atomic E-state index is 0.00766. The van der Waals surface area contributed by atoms with Gasteiger partial charge in [-0.25, -0.2) is 9.18 Å². The molecule has 3 heterocycles. The minimum atomic E-state index is -0.782. The number of aromatic hydroxyl groups is 1. The Bertz CT molecular complexity index is 1800. The van der Waals surface area contributed by atoms with Crippen LogP contribution in [0.2, 0.25) is 0 Å². The SMILES string of the molecule is O=c1oc2c(c(O)c1Sc1ccccc1Br)c(=O)n(Cc1ccc(F)cc1)c1cc3c(cc21)OCO3. The maximum Gasteiger partial charge on any atom is 0.354 e. The van der Waals surface area contributed by atoms with E-state index in [4.69, 9.17) is 13.9 Å². The lowest BCUT2D eigenvalue weighted by Crippen LogP contribution is -2.23. The number of halogens is 2. The van der Waals surface area contributed by atoms with Gasteiger partial charge in [0.05, 0.1) is 12.1 Å². The summed E-state index contributed by atoms with van der Waals surface area (Å²) in [5.41, 5.74) is -0.333. The highest BCUT2D eigenvalue weighted by molar-refractivity contribution is 9.10. The zero-order chi connectivity index (χ0) is 25.0. The van der Waals surface area contributed by atoms with Crippen LogP contribution in [0.5, 0.6) is 17.2 Å². The second-order valence-corrected chi connectivity index (χ2v) is 9.95. The van der Waals surface area contributed by atoms with Crippen LogP contribution in [0, 0.1) is 5.82 Å². The number of rotatable bonds is 4. The van der Waals surface area contributed by atoms with Gasteiger partial charge in [-0.3, -0.25) is 4.79 Å². The number of pyridine rings is 1. The first-order valence-corrected chi connectivity index (χ1v) is 12.3. The van der Waals surface area contributed by atoms with E-state index in [9.17, 15) is 19.1 Å². The van der Waals surface area contributed by atoms with Gasteiger partial charge in [0, 0.05) is 20.8 Å². The van der Waals surface area contributed by atoms with Crippen molar-refractivity contribution >= 4 is 49.6 Å². The van der Waals surface area contributed by atoms with Crippen molar-refractivity contribution < 1.29 is 23.4 Å². The monoisotopic (exact) mass is 567 g/mol. The Labute approximate surface area is 214 Å². The Kier molecular flexibility index (Phi) is 5.50. The van der Waals surface area contributed by atoms with Crippen molar-refractivity contribution in [3.05, 3.63) is 97.3 Å². The van der Waals surface area contributed by atoms with E-state index in [1.807, 2.05) is 6.07 Å². The molecule has 0 unspecified atom stereocenters. The Balaban J connectivity index is 1.65. The van der Waals surface area contributed by atoms with Crippen LogP contribution in [-0.4, -0.2) is 16.5 Å². The number of hydrogen-bond donors (Lipinski definition) is 1. The van der Waals surface area contributed by atoms with Crippen LogP contribution in [0.25, 0.3) is 21.9 Å². The topological polar surface area (TPSA) is 90.9 Å². The Hall–Kier alpha value is -3.76. The van der Waals surface area contributed by atoms with Gasteiger partial charge in [-0.15, -0.1) is 0 Å². The zero-order valence-electron chi connectivity index (χ0n) is 18.3. The smallest absolute Gasteiger partial charge is 0.354 e. The fourth-order valence-corrected chi connectivity index (χ4v) is 5.52. The quantitative estimate of drug-likeness (QED) is 0.281. The highest BCUT2D eigenvalue weighted by atomic mass is 79.9. The molecule has 36 heavy (non-hydrogen) atoms. The van der Waals surface area contributed by atoms with Crippen LogP contribution in [0.4, 0.5) is 4.39 Å². The number of fused-ring (bicyclic) bond motifs is 4. The second kappa shape index (κ2) is 8.72. The average molecular weight is 568 g/mol. The lowest BCUT2D eigenvalue weighted by atomic mass is 10.1. The third-order valence-electron chi connectivity index (χ3n) is 5.85. The highest BCUT2D eigenvalue weighted by Crippen LogP contribution is 2.42. The lowest BCUT2D eigenvalue weighted by Gasteiger charge is -2.15. The molecule has 0 bridgehead atoms. The van der Waals surface area contributed by atoms with Crippen LogP contribution in [-0.2, 0) is 6.54 Å². The fourth-order valence-electron chi connectivity index (χ4n) is 4.13. The summed E-state index contributed by atoms with van der Waals surface area (Å²) in [5.74, 6) is -0.0169. The second-order valence-electron chi connectivity index (χ2n) is 8.04. The highest BCUT2D eigenvalue weighted by Gasteiger charge is 2.25. The molecule has 10 heteroatoms. The van der Waals surface area contributed by atoms with E-state index in [-0.39, 0.29) is 29.2 Å². The van der Waals surface area contributed by atoms with Crippen LogP contribution in [0.1, 0.15) is 5.56 Å². The van der Waals surface area contributed by atoms with Gasteiger partial charge in [0.1, 0.15) is 16.1 Å². The summed E-state index contributed by atoms with van der Waals surface area (Å²) in [6.07, 6.45) is 0. The molecule has 0 saturated carbocycles. The van der Waals surface area contributed by atoms with E-state index in [0.29, 0.717) is 37.3 Å². The van der Waals surface area contributed by atoms with Crippen molar-refractivity contribution in [3.63, 3.8) is 0 Å². The maximum absolute atomic E-state index is 13.8. The van der Waals surface area contributed by atoms with Crippen LogP contribution < -0.4 is 20.7 Å². The Morgan fingerprint density at radius 3 is 2.50 bits per heavy atom. The number of benzene rings is 3. The van der Waals surface area contributed by atoms with Crippen LogP contribution in [0.15, 0.2) is 88.9 Å². The summed E-state index contributed by atoms with van der Waals surface area (Å²) in [7, 11) is 0. The number of aromatic nitrogens is 1. The maximum atomic E-state index is 13.8. The van der Waals surface area contributed by atoms with Gasteiger partial charge in [-0.2, -0.15) is 0 Å². The van der Waals surface area contributed by atoms with E-state index in [0.717, 1.165) is 11.8 Å². The molecule has 0 amide bonds. The largest absolute Gasteiger partial charge is 0.505 e. The van der Waals surface area contributed by atoms with Crippen molar-refractivity contribution in [2.45, 2.75) is 16.3 Å². The molecule has 5 aromatic rings. The van der Waals surface area contributed by atoms with E-state index in [2.05, 4.69) is 15.9 Å². The van der Waals surface area contributed by atoms with Crippen molar-refractivity contribution in [1.29, 1.82) is 0 Å². The van der Waals surface area contributed by atoms with Crippen molar-refractivity contribution in [2.75, 3.05) is 6.79 Å². The van der Waals surface area contributed by atoms with Gasteiger partial charge in [-0.05, 0) is 51.8 Å². The predicted octanol–water partition coefficient (Wildman–Crippen LogP) is 5.64. The van der Waals surface area contributed by atoms with E-state index in [1.165, 1.54) is 16.7 Å². The summed E-state index contributed by atoms with van der Waals surface area (Å²) in [4.78, 5) is 27.3. The lowest BCUT2D eigenvalue weighted by molar-refractivity contribution is 0.174. The normalized spacial score (nSPS) is 12.5.